The highest BCUT2D eigenvalue weighted by Gasteiger charge is 1.88. The Morgan fingerprint density at radius 3 is 1.95 bits per heavy atom. The molecule has 0 unspecified atom stereocenters. The molecule has 0 bridgehead atoms. The van der Waals surface area contributed by atoms with Crippen LogP contribution in [0.3, 0.4) is 0 Å². The molecule has 0 aromatic carbocycles. The van der Waals surface area contributed by atoms with Crippen molar-refractivity contribution >= 4 is 0 Å². The molecule has 0 amide bonds. The number of hydrogen-bond donors (Lipinski definition) is 0. The van der Waals surface area contributed by atoms with Crippen molar-refractivity contribution in [2.24, 2.45) is 0 Å². The first-order valence-corrected chi connectivity index (χ1v) is 8.38. The molecule has 110 valence electrons. The van der Waals surface area contributed by atoms with Gasteiger partial charge < -0.3 is 0 Å². The second-order valence-electron chi connectivity index (χ2n) is 5.26. The van der Waals surface area contributed by atoms with Crippen molar-refractivity contribution in [3.63, 3.8) is 0 Å². The van der Waals surface area contributed by atoms with Crippen LogP contribution in [-0.2, 0) is 0 Å². The van der Waals surface area contributed by atoms with Crippen LogP contribution in [0, 0.1) is 0 Å². The molecule has 0 nitrogen and oxygen atoms in total. The van der Waals surface area contributed by atoms with Crippen molar-refractivity contribution in [1.29, 1.82) is 0 Å². The van der Waals surface area contributed by atoms with Crippen LogP contribution in [0.2, 0.25) is 0 Å². The molecule has 0 fully saturated rings. The Labute approximate surface area is 121 Å². The van der Waals surface area contributed by atoms with Gasteiger partial charge in [-0.1, -0.05) is 95.2 Å². The molecular weight excluding hydrogens is 228 g/mol. The maximum Gasteiger partial charge on any atom is -0.0166 e. The summed E-state index contributed by atoms with van der Waals surface area (Å²) in [4.78, 5) is 0. The lowest BCUT2D eigenvalue weighted by atomic mass is 10.1. The van der Waals surface area contributed by atoms with Crippen molar-refractivity contribution in [3.05, 3.63) is 36.5 Å². The fraction of sp³-hybridized carbons (Fsp3) is 0.684. The summed E-state index contributed by atoms with van der Waals surface area (Å²) in [6.45, 7) is 4.49. The highest BCUT2D eigenvalue weighted by molar-refractivity contribution is 5.04. The SMILES string of the molecule is CCC/C=C\C=C/C/C=C\CCCCCCCCC. The third-order valence-electron chi connectivity index (χ3n) is 3.25. The van der Waals surface area contributed by atoms with Crippen LogP contribution >= 0.6 is 0 Å². The zero-order chi connectivity index (χ0) is 14.0. The Morgan fingerprint density at radius 1 is 0.526 bits per heavy atom. The average molecular weight is 262 g/mol. The third kappa shape index (κ3) is 17.2. The van der Waals surface area contributed by atoms with Crippen molar-refractivity contribution in [2.75, 3.05) is 0 Å². The van der Waals surface area contributed by atoms with Crippen LogP contribution < -0.4 is 0 Å². The van der Waals surface area contributed by atoms with Crippen molar-refractivity contribution in [3.8, 4) is 0 Å². The van der Waals surface area contributed by atoms with Gasteiger partial charge in [0.15, 0.2) is 0 Å². The topological polar surface area (TPSA) is 0 Å². The monoisotopic (exact) mass is 262 g/mol. The van der Waals surface area contributed by atoms with Gasteiger partial charge in [0.1, 0.15) is 0 Å². The first-order chi connectivity index (χ1) is 9.41. The number of hydrogen-bond acceptors (Lipinski definition) is 0. The molecule has 0 rings (SSSR count). The molecule has 0 saturated heterocycles. The minimum Gasteiger partial charge on any atom is -0.0882 e. The number of allylic oxidation sites excluding steroid dienone is 6. The minimum absolute atomic E-state index is 1.08. The largest absolute Gasteiger partial charge is 0.0882 e. The smallest absolute Gasteiger partial charge is 0.0166 e. The van der Waals surface area contributed by atoms with E-state index in [2.05, 4.69) is 50.3 Å². The molecule has 0 N–H and O–H groups in total. The fourth-order valence-electron chi connectivity index (χ4n) is 2.01. The molecule has 0 atom stereocenters. The van der Waals surface area contributed by atoms with Crippen molar-refractivity contribution in [1.82, 2.24) is 0 Å². The van der Waals surface area contributed by atoms with Crippen molar-refractivity contribution < 1.29 is 0 Å². The summed E-state index contributed by atoms with van der Waals surface area (Å²) in [6.07, 6.45) is 28.0. The molecule has 0 heteroatoms. The van der Waals surface area contributed by atoms with Crippen LogP contribution in [0.15, 0.2) is 36.5 Å². The van der Waals surface area contributed by atoms with Gasteiger partial charge in [0.25, 0.3) is 0 Å². The zero-order valence-corrected chi connectivity index (χ0v) is 13.2. The van der Waals surface area contributed by atoms with Crippen LogP contribution in [0.1, 0.15) is 84.5 Å². The molecule has 0 saturated carbocycles. The van der Waals surface area contributed by atoms with E-state index >= 15 is 0 Å². The molecule has 0 radical (unpaired) electrons. The summed E-state index contributed by atoms with van der Waals surface area (Å²) in [5.41, 5.74) is 0. The lowest BCUT2D eigenvalue weighted by Gasteiger charge is -1.98. The van der Waals surface area contributed by atoms with Crippen molar-refractivity contribution in [2.45, 2.75) is 84.5 Å². The third-order valence-corrected chi connectivity index (χ3v) is 3.25. The highest BCUT2D eigenvalue weighted by Crippen LogP contribution is 2.08. The first-order valence-electron chi connectivity index (χ1n) is 8.38. The van der Waals surface area contributed by atoms with Gasteiger partial charge in [-0.2, -0.15) is 0 Å². The van der Waals surface area contributed by atoms with Gasteiger partial charge in [0, 0.05) is 0 Å². The predicted octanol–water partition coefficient (Wildman–Crippen LogP) is 6.99. The molecular formula is C19H34. The quantitative estimate of drug-likeness (QED) is 0.191. The summed E-state index contributed by atoms with van der Waals surface area (Å²) in [7, 11) is 0. The summed E-state index contributed by atoms with van der Waals surface area (Å²) >= 11 is 0. The van der Waals surface area contributed by atoms with E-state index in [1.165, 1.54) is 64.2 Å². The molecule has 0 heterocycles. The first kappa shape index (κ1) is 18.2. The maximum absolute atomic E-state index is 2.34. The Morgan fingerprint density at radius 2 is 1.21 bits per heavy atom. The molecule has 0 aliphatic rings. The van der Waals surface area contributed by atoms with Gasteiger partial charge >= 0.3 is 0 Å². The van der Waals surface area contributed by atoms with Crippen LogP contribution in [0.25, 0.3) is 0 Å². The van der Waals surface area contributed by atoms with Crippen LogP contribution in [0.4, 0.5) is 0 Å². The van der Waals surface area contributed by atoms with Gasteiger partial charge in [0.05, 0.1) is 0 Å². The Bertz CT molecular complexity index is 232. The maximum atomic E-state index is 2.34. The van der Waals surface area contributed by atoms with Gasteiger partial charge in [-0.25, -0.2) is 0 Å². The second kappa shape index (κ2) is 17.2. The van der Waals surface area contributed by atoms with E-state index in [1.54, 1.807) is 0 Å². The normalized spacial score (nSPS) is 12.3. The average Bonchev–Trinajstić information content (AvgIpc) is 2.43. The van der Waals surface area contributed by atoms with E-state index in [-0.39, 0.29) is 0 Å². The molecule has 0 spiro atoms. The van der Waals surface area contributed by atoms with E-state index in [4.69, 9.17) is 0 Å². The van der Waals surface area contributed by atoms with Crippen LogP contribution in [0.5, 0.6) is 0 Å². The van der Waals surface area contributed by atoms with Gasteiger partial charge in [-0.15, -0.1) is 0 Å². The standard InChI is InChI=1S/C19H34/c1-3-5-7-9-11-13-15-17-19-18-16-14-12-10-8-6-4-2/h7,9,11,13,17,19H,3-6,8,10,12,14-16,18H2,1-2H3/b9-7-,13-11-,19-17-. The Balaban J connectivity index is 3.21. The predicted molar refractivity (Wildman–Crippen MR) is 89.6 cm³/mol. The molecule has 0 aromatic rings. The fourth-order valence-corrected chi connectivity index (χ4v) is 2.01. The van der Waals surface area contributed by atoms with E-state index in [0.29, 0.717) is 0 Å². The van der Waals surface area contributed by atoms with E-state index in [9.17, 15) is 0 Å². The lowest BCUT2D eigenvalue weighted by Crippen LogP contribution is -1.78. The zero-order valence-electron chi connectivity index (χ0n) is 13.2. The Kier molecular flexibility index (Phi) is 16.5. The molecule has 0 aromatic heterocycles. The minimum atomic E-state index is 1.08. The summed E-state index contributed by atoms with van der Waals surface area (Å²) in [6, 6.07) is 0. The number of rotatable bonds is 13. The lowest BCUT2D eigenvalue weighted by molar-refractivity contribution is 0.592. The number of unbranched alkanes of at least 4 members (excludes halogenated alkanes) is 8. The second-order valence-corrected chi connectivity index (χ2v) is 5.26. The van der Waals surface area contributed by atoms with Gasteiger partial charge in [0.2, 0.25) is 0 Å². The summed E-state index contributed by atoms with van der Waals surface area (Å²) < 4.78 is 0. The van der Waals surface area contributed by atoms with E-state index in [1.807, 2.05) is 0 Å². The summed E-state index contributed by atoms with van der Waals surface area (Å²) in [5.74, 6) is 0. The molecule has 19 heavy (non-hydrogen) atoms. The van der Waals surface area contributed by atoms with Crippen LogP contribution in [-0.4, -0.2) is 0 Å². The van der Waals surface area contributed by atoms with Gasteiger partial charge in [-0.3, -0.25) is 0 Å². The highest BCUT2D eigenvalue weighted by atomic mass is 13.9. The van der Waals surface area contributed by atoms with Gasteiger partial charge in [-0.05, 0) is 25.7 Å². The van der Waals surface area contributed by atoms with E-state index in [0.717, 1.165) is 6.42 Å². The molecule has 0 aliphatic heterocycles. The van der Waals surface area contributed by atoms with E-state index < -0.39 is 0 Å². The summed E-state index contributed by atoms with van der Waals surface area (Å²) in [5, 5.41) is 0. The Hall–Kier alpha value is -0.780. The molecule has 0 aliphatic carbocycles.